The van der Waals surface area contributed by atoms with Crippen LogP contribution in [0.5, 0.6) is 5.75 Å². The van der Waals surface area contributed by atoms with E-state index in [1.165, 1.54) is 6.26 Å². The van der Waals surface area contributed by atoms with Crippen molar-refractivity contribution >= 4 is 26.6 Å². The van der Waals surface area contributed by atoms with Gasteiger partial charge in [0.2, 0.25) is 10.0 Å². The molecule has 0 aliphatic carbocycles. The number of sulfonamides is 1. The number of ether oxygens (including phenoxy) is 1. The van der Waals surface area contributed by atoms with E-state index in [-0.39, 0.29) is 12.0 Å². The quantitative estimate of drug-likeness (QED) is 0.708. The van der Waals surface area contributed by atoms with Gasteiger partial charge >= 0.3 is 0 Å². The number of nitrogens with one attached hydrogen (secondary N) is 1. The molecule has 28 heavy (non-hydrogen) atoms. The fraction of sp³-hybridized carbons (Fsp3) is 0.263. The van der Waals surface area contributed by atoms with E-state index in [1.807, 2.05) is 19.1 Å². The lowest BCUT2D eigenvalue weighted by molar-refractivity contribution is 0.340. The Labute approximate surface area is 161 Å². The number of H-pyrrole nitrogens is 1. The summed E-state index contributed by atoms with van der Waals surface area (Å²) >= 11 is 0. The average Bonchev–Trinajstić information content (AvgIpc) is 3.30. The van der Waals surface area contributed by atoms with Gasteiger partial charge in [0.1, 0.15) is 17.2 Å². The molecule has 4 rings (SSSR count). The summed E-state index contributed by atoms with van der Waals surface area (Å²) in [6.07, 6.45) is 2.80. The first-order chi connectivity index (χ1) is 13.4. The number of hydrogen-bond donors (Lipinski definition) is 1. The molecular formula is C19H19N3O5S. The largest absolute Gasteiger partial charge is 0.494 e. The van der Waals surface area contributed by atoms with Gasteiger partial charge in [-0.1, -0.05) is 0 Å². The van der Waals surface area contributed by atoms with E-state index in [0.717, 1.165) is 16.1 Å². The van der Waals surface area contributed by atoms with Crippen LogP contribution in [0.25, 0.3) is 10.9 Å². The monoisotopic (exact) mass is 401 g/mol. The van der Waals surface area contributed by atoms with E-state index in [9.17, 15) is 13.2 Å². The van der Waals surface area contributed by atoms with Gasteiger partial charge in [-0.25, -0.2) is 8.42 Å². The fourth-order valence-corrected chi connectivity index (χ4v) is 4.22. The number of hydrazone groups is 1. The minimum atomic E-state index is -3.68. The Morgan fingerprint density at radius 3 is 2.82 bits per heavy atom. The van der Waals surface area contributed by atoms with E-state index in [0.29, 0.717) is 34.9 Å². The lowest BCUT2D eigenvalue weighted by atomic mass is 10.0. The summed E-state index contributed by atoms with van der Waals surface area (Å²) in [5.41, 5.74) is 1.06. The molecule has 1 aliphatic rings. The Hall–Kier alpha value is -3.07. The third-order valence-corrected chi connectivity index (χ3v) is 5.55. The van der Waals surface area contributed by atoms with Gasteiger partial charge < -0.3 is 14.1 Å². The molecule has 146 valence electrons. The van der Waals surface area contributed by atoms with Gasteiger partial charge in [0.05, 0.1) is 30.7 Å². The number of benzene rings is 1. The molecule has 1 aliphatic heterocycles. The molecule has 0 amide bonds. The van der Waals surface area contributed by atoms with E-state index in [2.05, 4.69) is 10.1 Å². The Kier molecular flexibility index (Phi) is 4.46. The summed E-state index contributed by atoms with van der Waals surface area (Å²) < 4.78 is 36.4. The molecule has 0 radical (unpaired) electrons. The molecule has 3 heterocycles. The molecule has 8 nitrogen and oxygen atoms in total. The van der Waals surface area contributed by atoms with Crippen LogP contribution in [0.1, 0.15) is 30.7 Å². The van der Waals surface area contributed by atoms with Crippen LogP contribution in [-0.2, 0) is 10.0 Å². The smallest absolute Gasteiger partial charge is 0.253 e. The van der Waals surface area contributed by atoms with Crippen LogP contribution in [0.2, 0.25) is 0 Å². The number of nitrogens with zero attached hydrogens (tertiary/aromatic N) is 2. The number of rotatable bonds is 5. The predicted molar refractivity (Wildman–Crippen MR) is 105 cm³/mol. The van der Waals surface area contributed by atoms with Crippen molar-refractivity contribution < 1.29 is 17.6 Å². The maximum absolute atomic E-state index is 12.8. The van der Waals surface area contributed by atoms with Crippen LogP contribution in [0.3, 0.4) is 0 Å². The SMILES string of the molecule is CCOc1ccc2cc([C@@H]3CC(c4ccco4)=NN3S(C)(=O)=O)c(=O)[nH]c2c1. The van der Waals surface area contributed by atoms with Crippen molar-refractivity contribution in [3.8, 4) is 5.75 Å². The van der Waals surface area contributed by atoms with Gasteiger partial charge in [-0.3, -0.25) is 4.79 Å². The third-order valence-electron chi connectivity index (χ3n) is 4.53. The molecule has 1 N–H and O–H groups in total. The highest BCUT2D eigenvalue weighted by atomic mass is 32.2. The van der Waals surface area contributed by atoms with Crippen molar-refractivity contribution in [3.63, 3.8) is 0 Å². The molecule has 0 spiro atoms. The van der Waals surface area contributed by atoms with Crippen molar-refractivity contribution in [2.45, 2.75) is 19.4 Å². The second-order valence-corrected chi connectivity index (χ2v) is 8.36. The normalized spacial score (nSPS) is 17.1. The molecule has 0 saturated heterocycles. The number of aromatic amines is 1. The van der Waals surface area contributed by atoms with Gasteiger partial charge in [0.15, 0.2) is 0 Å². The van der Waals surface area contributed by atoms with Gasteiger partial charge in [0.25, 0.3) is 5.56 Å². The number of pyridine rings is 1. The van der Waals surface area contributed by atoms with Crippen molar-refractivity contribution in [1.82, 2.24) is 9.40 Å². The minimum Gasteiger partial charge on any atom is -0.494 e. The van der Waals surface area contributed by atoms with E-state index in [4.69, 9.17) is 9.15 Å². The number of aromatic nitrogens is 1. The molecule has 0 bridgehead atoms. The Balaban J connectivity index is 1.78. The first kappa shape index (κ1) is 18.3. The van der Waals surface area contributed by atoms with E-state index < -0.39 is 16.1 Å². The third kappa shape index (κ3) is 3.29. The maximum atomic E-state index is 12.8. The van der Waals surface area contributed by atoms with Gasteiger partial charge in [-0.2, -0.15) is 9.52 Å². The molecule has 1 atom stereocenters. The summed E-state index contributed by atoms with van der Waals surface area (Å²) in [6, 6.07) is 9.76. The highest BCUT2D eigenvalue weighted by Gasteiger charge is 2.37. The van der Waals surface area contributed by atoms with Gasteiger partial charge in [-0.15, -0.1) is 0 Å². The zero-order valence-corrected chi connectivity index (χ0v) is 16.2. The second-order valence-electron chi connectivity index (χ2n) is 6.52. The molecular weight excluding hydrogens is 382 g/mol. The van der Waals surface area contributed by atoms with Crippen LogP contribution in [0.4, 0.5) is 0 Å². The standard InChI is InChI=1S/C19H19N3O5S/c1-3-26-13-7-6-12-9-14(19(23)20-15(12)10-13)17-11-16(18-5-4-8-27-18)21-22(17)28(2,24)25/h4-10,17H,3,11H2,1-2H3,(H,20,23)/t17-/m0/s1. The topological polar surface area (TPSA) is 105 Å². The zero-order chi connectivity index (χ0) is 19.9. The molecule has 1 aromatic carbocycles. The van der Waals surface area contributed by atoms with Crippen molar-refractivity contribution in [1.29, 1.82) is 0 Å². The number of furan rings is 1. The lowest BCUT2D eigenvalue weighted by Crippen LogP contribution is -2.30. The van der Waals surface area contributed by atoms with Crippen molar-refractivity contribution in [2.75, 3.05) is 12.9 Å². The van der Waals surface area contributed by atoms with Gasteiger partial charge in [0, 0.05) is 18.1 Å². The van der Waals surface area contributed by atoms with E-state index in [1.54, 1.807) is 24.3 Å². The first-order valence-electron chi connectivity index (χ1n) is 8.77. The van der Waals surface area contributed by atoms with E-state index >= 15 is 0 Å². The molecule has 9 heteroatoms. The number of hydrogen-bond acceptors (Lipinski definition) is 6. The second kappa shape index (κ2) is 6.83. The zero-order valence-electron chi connectivity index (χ0n) is 15.4. The highest BCUT2D eigenvalue weighted by molar-refractivity contribution is 7.88. The summed E-state index contributed by atoms with van der Waals surface area (Å²) in [7, 11) is -3.68. The van der Waals surface area contributed by atoms with Crippen LogP contribution < -0.4 is 10.3 Å². The van der Waals surface area contributed by atoms with Crippen LogP contribution in [0.15, 0.2) is 57.0 Å². The highest BCUT2D eigenvalue weighted by Crippen LogP contribution is 2.34. The van der Waals surface area contributed by atoms with Crippen LogP contribution in [0, 0.1) is 0 Å². The molecule has 0 saturated carbocycles. The Morgan fingerprint density at radius 2 is 2.14 bits per heavy atom. The molecule has 0 unspecified atom stereocenters. The minimum absolute atomic E-state index is 0.242. The maximum Gasteiger partial charge on any atom is 0.253 e. The Bertz CT molecular complexity index is 1210. The van der Waals surface area contributed by atoms with Crippen LogP contribution in [-0.4, -0.2) is 36.4 Å². The van der Waals surface area contributed by atoms with Gasteiger partial charge in [-0.05, 0) is 42.6 Å². The summed E-state index contributed by atoms with van der Waals surface area (Å²) in [5, 5.41) is 4.99. The summed E-state index contributed by atoms with van der Waals surface area (Å²) in [4.78, 5) is 15.6. The fourth-order valence-electron chi connectivity index (χ4n) is 3.32. The first-order valence-corrected chi connectivity index (χ1v) is 10.6. The lowest BCUT2D eigenvalue weighted by Gasteiger charge is -2.21. The predicted octanol–water partition coefficient (Wildman–Crippen LogP) is 2.63. The Morgan fingerprint density at radius 1 is 1.32 bits per heavy atom. The molecule has 0 fully saturated rings. The molecule has 2 aromatic heterocycles. The summed E-state index contributed by atoms with van der Waals surface area (Å²) in [5.74, 6) is 1.13. The number of fused-ring (bicyclic) bond motifs is 1. The molecule has 3 aromatic rings. The van der Waals surface area contributed by atoms with Crippen molar-refractivity contribution in [3.05, 3.63) is 64.3 Å². The summed E-state index contributed by atoms with van der Waals surface area (Å²) in [6.45, 7) is 2.40. The average molecular weight is 401 g/mol. The van der Waals surface area contributed by atoms with Crippen molar-refractivity contribution in [2.24, 2.45) is 5.10 Å². The van der Waals surface area contributed by atoms with Crippen LogP contribution >= 0.6 is 0 Å².